The SMILES string of the molecule is COC(=O)CC1CCNCC1Cc1cc(CN2CCCCC2)on1. The van der Waals surface area contributed by atoms with Crippen molar-refractivity contribution in [1.29, 1.82) is 0 Å². The first kappa shape index (κ1) is 17.4. The fraction of sp³-hybridized carbons (Fsp3) is 0.778. The zero-order chi connectivity index (χ0) is 16.8. The van der Waals surface area contributed by atoms with Crippen molar-refractivity contribution < 1.29 is 14.1 Å². The van der Waals surface area contributed by atoms with Gasteiger partial charge in [0.25, 0.3) is 0 Å². The molecular weight excluding hydrogens is 306 g/mol. The Morgan fingerprint density at radius 3 is 3.00 bits per heavy atom. The summed E-state index contributed by atoms with van der Waals surface area (Å²) in [6, 6.07) is 2.10. The number of methoxy groups -OCH3 is 1. The number of hydrogen-bond acceptors (Lipinski definition) is 6. The molecule has 0 aliphatic carbocycles. The molecule has 6 nitrogen and oxygen atoms in total. The number of esters is 1. The number of rotatable bonds is 6. The van der Waals surface area contributed by atoms with Crippen LogP contribution in [0.4, 0.5) is 0 Å². The second-order valence-electron chi connectivity index (χ2n) is 7.12. The maximum absolute atomic E-state index is 11.6. The minimum absolute atomic E-state index is 0.113. The van der Waals surface area contributed by atoms with Crippen LogP contribution in [0.2, 0.25) is 0 Å². The lowest BCUT2D eigenvalue weighted by Gasteiger charge is -2.31. The van der Waals surface area contributed by atoms with Crippen molar-refractivity contribution in [3.05, 3.63) is 17.5 Å². The van der Waals surface area contributed by atoms with Crippen LogP contribution in [0.1, 0.15) is 43.6 Å². The quantitative estimate of drug-likeness (QED) is 0.802. The first-order valence-electron chi connectivity index (χ1n) is 9.19. The zero-order valence-corrected chi connectivity index (χ0v) is 14.6. The molecule has 6 heteroatoms. The molecular formula is C18H29N3O3. The first-order valence-corrected chi connectivity index (χ1v) is 9.19. The van der Waals surface area contributed by atoms with Gasteiger partial charge in [0.05, 0.1) is 19.3 Å². The van der Waals surface area contributed by atoms with Crippen LogP contribution in [-0.4, -0.2) is 49.3 Å². The van der Waals surface area contributed by atoms with Crippen molar-refractivity contribution in [3.8, 4) is 0 Å². The number of carbonyl (C=O) groups is 1. The largest absolute Gasteiger partial charge is 0.469 e. The van der Waals surface area contributed by atoms with Crippen LogP contribution in [0.25, 0.3) is 0 Å². The summed E-state index contributed by atoms with van der Waals surface area (Å²) in [5, 5.41) is 7.69. The molecule has 0 bridgehead atoms. The topological polar surface area (TPSA) is 67.6 Å². The highest BCUT2D eigenvalue weighted by Gasteiger charge is 2.28. The summed E-state index contributed by atoms with van der Waals surface area (Å²) >= 11 is 0. The Hall–Kier alpha value is -1.40. The fourth-order valence-electron chi connectivity index (χ4n) is 3.92. The van der Waals surface area contributed by atoms with E-state index in [0.717, 1.165) is 57.0 Å². The molecule has 2 atom stereocenters. The van der Waals surface area contributed by atoms with Crippen molar-refractivity contribution in [2.45, 2.75) is 45.1 Å². The van der Waals surface area contributed by atoms with E-state index in [1.165, 1.54) is 26.4 Å². The van der Waals surface area contributed by atoms with Crippen LogP contribution in [0, 0.1) is 11.8 Å². The predicted molar refractivity (Wildman–Crippen MR) is 90.4 cm³/mol. The van der Waals surface area contributed by atoms with Crippen molar-refractivity contribution in [2.75, 3.05) is 33.3 Å². The summed E-state index contributed by atoms with van der Waals surface area (Å²) in [5.41, 5.74) is 1.01. The molecule has 0 spiro atoms. The van der Waals surface area contributed by atoms with Crippen molar-refractivity contribution in [3.63, 3.8) is 0 Å². The van der Waals surface area contributed by atoms with Crippen LogP contribution in [0.3, 0.4) is 0 Å². The van der Waals surface area contributed by atoms with Gasteiger partial charge in [-0.05, 0) is 63.7 Å². The molecule has 3 rings (SSSR count). The average Bonchev–Trinajstić information content (AvgIpc) is 3.04. The molecule has 1 aromatic rings. The summed E-state index contributed by atoms with van der Waals surface area (Å²) in [7, 11) is 1.46. The second-order valence-corrected chi connectivity index (χ2v) is 7.12. The zero-order valence-electron chi connectivity index (χ0n) is 14.6. The minimum Gasteiger partial charge on any atom is -0.469 e. The second kappa shape index (κ2) is 8.62. The summed E-state index contributed by atoms with van der Waals surface area (Å²) in [6.45, 7) is 5.07. The van der Waals surface area contributed by atoms with E-state index in [-0.39, 0.29) is 5.97 Å². The van der Waals surface area contributed by atoms with Crippen LogP contribution in [0.15, 0.2) is 10.6 Å². The van der Waals surface area contributed by atoms with Crippen LogP contribution >= 0.6 is 0 Å². The van der Waals surface area contributed by atoms with E-state index < -0.39 is 0 Å². The van der Waals surface area contributed by atoms with Crippen LogP contribution < -0.4 is 5.32 Å². The Kier molecular flexibility index (Phi) is 6.26. The Morgan fingerprint density at radius 2 is 2.21 bits per heavy atom. The van der Waals surface area contributed by atoms with E-state index in [1.54, 1.807) is 0 Å². The maximum atomic E-state index is 11.6. The van der Waals surface area contributed by atoms with Gasteiger partial charge < -0.3 is 14.6 Å². The highest BCUT2D eigenvalue weighted by molar-refractivity contribution is 5.69. The van der Waals surface area contributed by atoms with E-state index in [0.29, 0.717) is 18.3 Å². The molecule has 134 valence electrons. The molecule has 0 radical (unpaired) electrons. The Balaban J connectivity index is 1.54. The third-order valence-corrected chi connectivity index (χ3v) is 5.33. The summed E-state index contributed by atoms with van der Waals surface area (Å²) < 4.78 is 10.4. The van der Waals surface area contributed by atoms with Gasteiger partial charge in [-0.1, -0.05) is 11.6 Å². The lowest BCUT2D eigenvalue weighted by molar-refractivity contribution is -0.142. The number of hydrogen-bond donors (Lipinski definition) is 1. The monoisotopic (exact) mass is 335 g/mol. The number of likely N-dealkylation sites (tertiary alicyclic amines) is 1. The molecule has 24 heavy (non-hydrogen) atoms. The molecule has 2 aliphatic rings. The predicted octanol–water partition coefficient (Wildman–Crippen LogP) is 1.99. The molecule has 2 aliphatic heterocycles. The van der Waals surface area contributed by atoms with Gasteiger partial charge in [0, 0.05) is 12.5 Å². The van der Waals surface area contributed by atoms with Crippen molar-refractivity contribution >= 4 is 5.97 Å². The standard InChI is InChI=1S/C18H29N3O3/c1-23-18(22)10-14-5-6-19-12-15(14)9-16-11-17(24-20-16)13-21-7-3-2-4-8-21/h11,14-15,19H,2-10,12-13H2,1H3. The minimum atomic E-state index is -0.113. The molecule has 2 fully saturated rings. The number of nitrogens with zero attached hydrogens (tertiary/aromatic N) is 2. The average molecular weight is 335 g/mol. The van der Waals surface area contributed by atoms with Crippen molar-refractivity contribution in [2.24, 2.45) is 11.8 Å². The Labute approximate surface area is 143 Å². The molecule has 2 saturated heterocycles. The van der Waals surface area contributed by atoms with Gasteiger partial charge in [0.1, 0.15) is 0 Å². The lowest BCUT2D eigenvalue weighted by Crippen LogP contribution is -2.38. The van der Waals surface area contributed by atoms with Crippen molar-refractivity contribution in [1.82, 2.24) is 15.4 Å². The molecule has 1 aromatic heterocycles. The molecule has 3 heterocycles. The Bertz CT molecular complexity index is 525. The molecule has 0 saturated carbocycles. The van der Waals surface area contributed by atoms with Gasteiger partial charge >= 0.3 is 5.97 Å². The highest BCUT2D eigenvalue weighted by Crippen LogP contribution is 2.26. The van der Waals surface area contributed by atoms with E-state index in [9.17, 15) is 4.79 Å². The van der Waals surface area contributed by atoms with E-state index in [4.69, 9.17) is 9.26 Å². The smallest absolute Gasteiger partial charge is 0.305 e. The maximum Gasteiger partial charge on any atom is 0.305 e. The molecule has 1 N–H and O–H groups in total. The normalized spacial score (nSPS) is 25.5. The number of nitrogens with one attached hydrogen (secondary N) is 1. The number of carbonyl (C=O) groups excluding carboxylic acids is 1. The first-order chi connectivity index (χ1) is 11.7. The summed E-state index contributed by atoms with van der Waals surface area (Å²) in [4.78, 5) is 14.1. The van der Waals surface area contributed by atoms with Crippen LogP contribution in [0.5, 0.6) is 0 Å². The third-order valence-electron chi connectivity index (χ3n) is 5.33. The van der Waals surface area contributed by atoms with Gasteiger partial charge in [0.15, 0.2) is 5.76 Å². The fourth-order valence-corrected chi connectivity index (χ4v) is 3.92. The molecule has 2 unspecified atom stereocenters. The van der Waals surface area contributed by atoms with Gasteiger partial charge in [-0.3, -0.25) is 9.69 Å². The summed E-state index contributed by atoms with van der Waals surface area (Å²) in [5.74, 6) is 1.62. The lowest BCUT2D eigenvalue weighted by atomic mass is 9.81. The highest BCUT2D eigenvalue weighted by atomic mass is 16.5. The van der Waals surface area contributed by atoms with E-state index in [1.807, 2.05) is 0 Å². The van der Waals surface area contributed by atoms with Gasteiger partial charge in [-0.2, -0.15) is 0 Å². The van der Waals surface area contributed by atoms with Gasteiger partial charge in [-0.25, -0.2) is 0 Å². The summed E-state index contributed by atoms with van der Waals surface area (Å²) in [6.07, 6.45) is 6.28. The van der Waals surface area contributed by atoms with Crippen LogP contribution in [-0.2, 0) is 22.5 Å². The molecule has 0 aromatic carbocycles. The van der Waals surface area contributed by atoms with Gasteiger partial charge in [-0.15, -0.1) is 0 Å². The number of ether oxygens (including phenoxy) is 1. The van der Waals surface area contributed by atoms with E-state index in [2.05, 4.69) is 21.4 Å². The van der Waals surface area contributed by atoms with E-state index >= 15 is 0 Å². The Morgan fingerprint density at radius 1 is 1.38 bits per heavy atom. The van der Waals surface area contributed by atoms with Gasteiger partial charge in [0.2, 0.25) is 0 Å². The third kappa shape index (κ3) is 4.80. The number of piperidine rings is 2. The number of aromatic nitrogens is 1. The molecule has 0 amide bonds.